The highest BCUT2D eigenvalue weighted by Gasteiger charge is 2.34. The second kappa shape index (κ2) is 4.27. The van der Waals surface area contributed by atoms with Crippen molar-refractivity contribution < 1.29 is 14.6 Å². The number of aliphatic hydroxyl groups excluding tert-OH is 1. The Balaban J connectivity index is 2.37. The number of ether oxygens (including phenoxy) is 1. The maximum absolute atomic E-state index is 11.5. The van der Waals surface area contributed by atoms with E-state index < -0.39 is 30.2 Å². The van der Waals surface area contributed by atoms with Gasteiger partial charge in [0.2, 0.25) is 0 Å². The fourth-order valence-electron chi connectivity index (χ4n) is 1.73. The van der Waals surface area contributed by atoms with Gasteiger partial charge in [-0.1, -0.05) is 0 Å². The minimum absolute atomic E-state index is 0.0105. The second-order valence-electron chi connectivity index (χ2n) is 3.91. The number of rotatable bonds is 2. The Morgan fingerprint density at radius 1 is 1.53 bits per heavy atom. The zero-order valence-corrected chi connectivity index (χ0v) is 9.17. The highest BCUT2D eigenvalue weighted by molar-refractivity contribution is 5.85. The highest BCUT2D eigenvalue weighted by Crippen LogP contribution is 2.23. The number of aromatic amines is 1. The lowest BCUT2D eigenvalue weighted by Crippen LogP contribution is -2.33. The number of nitrogens with zero attached hydrogens (tertiary/aromatic N) is 1. The molecule has 1 aromatic rings. The molecule has 0 aliphatic carbocycles. The van der Waals surface area contributed by atoms with E-state index in [9.17, 15) is 14.4 Å². The molecule has 7 nitrogen and oxygen atoms in total. The van der Waals surface area contributed by atoms with Crippen LogP contribution in [0.15, 0.2) is 15.8 Å². The van der Waals surface area contributed by atoms with E-state index in [1.165, 1.54) is 6.20 Å². The first-order valence-corrected chi connectivity index (χ1v) is 5.14. The number of nitrogens with one attached hydrogen (secondary N) is 1. The van der Waals surface area contributed by atoms with Gasteiger partial charge in [0.25, 0.3) is 5.56 Å². The SMILES string of the molecule is Cc1cn(C2CC(=O)[C@@H](CO)O2)c(=O)[nH]c1=O. The topological polar surface area (TPSA) is 101 Å². The molecule has 17 heavy (non-hydrogen) atoms. The minimum Gasteiger partial charge on any atom is -0.393 e. The van der Waals surface area contributed by atoms with Crippen LogP contribution in [0.25, 0.3) is 0 Å². The molecule has 1 fully saturated rings. The number of aryl methyl sites for hydroxylation is 1. The molecule has 2 N–H and O–H groups in total. The van der Waals surface area contributed by atoms with Crippen LogP contribution in [-0.2, 0) is 9.53 Å². The van der Waals surface area contributed by atoms with Gasteiger partial charge < -0.3 is 9.84 Å². The molecule has 1 aliphatic heterocycles. The Labute approximate surface area is 95.7 Å². The first kappa shape index (κ1) is 11.7. The summed E-state index contributed by atoms with van der Waals surface area (Å²) in [6, 6.07) is 0. The van der Waals surface area contributed by atoms with Crippen LogP contribution in [0.1, 0.15) is 18.2 Å². The molecule has 1 saturated heterocycles. The van der Waals surface area contributed by atoms with Crippen molar-refractivity contribution in [1.29, 1.82) is 0 Å². The first-order valence-electron chi connectivity index (χ1n) is 5.14. The van der Waals surface area contributed by atoms with E-state index in [2.05, 4.69) is 4.98 Å². The normalized spacial score (nSPS) is 24.2. The third-order valence-electron chi connectivity index (χ3n) is 2.68. The quantitative estimate of drug-likeness (QED) is 0.668. The van der Waals surface area contributed by atoms with Gasteiger partial charge in [0, 0.05) is 11.8 Å². The highest BCUT2D eigenvalue weighted by atomic mass is 16.5. The average Bonchev–Trinajstić information content (AvgIpc) is 2.65. The average molecular weight is 240 g/mol. The van der Waals surface area contributed by atoms with Crippen molar-refractivity contribution in [1.82, 2.24) is 9.55 Å². The minimum atomic E-state index is -0.890. The van der Waals surface area contributed by atoms with Crippen LogP contribution in [0.5, 0.6) is 0 Å². The van der Waals surface area contributed by atoms with Gasteiger partial charge in [-0.05, 0) is 6.92 Å². The Kier molecular flexibility index (Phi) is 2.95. The summed E-state index contributed by atoms with van der Waals surface area (Å²) < 4.78 is 6.38. The molecule has 0 amide bonds. The maximum atomic E-state index is 11.5. The smallest absolute Gasteiger partial charge is 0.330 e. The summed E-state index contributed by atoms with van der Waals surface area (Å²) >= 11 is 0. The monoisotopic (exact) mass is 240 g/mol. The van der Waals surface area contributed by atoms with Gasteiger partial charge >= 0.3 is 5.69 Å². The van der Waals surface area contributed by atoms with Crippen LogP contribution < -0.4 is 11.2 Å². The van der Waals surface area contributed by atoms with Gasteiger partial charge in [-0.2, -0.15) is 0 Å². The molecule has 0 spiro atoms. The lowest BCUT2D eigenvalue weighted by Gasteiger charge is -2.13. The van der Waals surface area contributed by atoms with Crippen molar-refractivity contribution in [2.24, 2.45) is 0 Å². The lowest BCUT2D eigenvalue weighted by atomic mass is 10.2. The summed E-state index contributed by atoms with van der Waals surface area (Å²) in [6.07, 6.45) is -0.294. The molecule has 2 heterocycles. The molecule has 2 atom stereocenters. The number of hydrogen-bond acceptors (Lipinski definition) is 5. The summed E-state index contributed by atoms with van der Waals surface area (Å²) in [7, 11) is 0. The number of carbonyl (C=O) groups excluding carboxylic acids is 1. The summed E-state index contributed by atoms with van der Waals surface area (Å²) in [4.78, 5) is 36.2. The van der Waals surface area contributed by atoms with Crippen LogP contribution in [0, 0.1) is 6.92 Å². The van der Waals surface area contributed by atoms with Gasteiger partial charge in [0.15, 0.2) is 5.78 Å². The molecule has 0 bridgehead atoms. The van der Waals surface area contributed by atoms with Gasteiger partial charge in [0.05, 0.1) is 13.0 Å². The van der Waals surface area contributed by atoms with E-state index in [1.54, 1.807) is 6.92 Å². The number of carbonyl (C=O) groups is 1. The summed E-state index contributed by atoms with van der Waals surface area (Å²) in [5.41, 5.74) is -0.737. The fraction of sp³-hybridized carbons (Fsp3) is 0.500. The van der Waals surface area contributed by atoms with Crippen molar-refractivity contribution in [3.05, 3.63) is 32.6 Å². The van der Waals surface area contributed by atoms with Crippen LogP contribution in [0.3, 0.4) is 0 Å². The molecule has 7 heteroatoms. The molecule has 2 rings (SSSR count). The van der Waals surface area contributed by atoms with E-state index in [1.807, 2.05) is 0 Å². The number of aliphatic hydroxyl groups is 1. The molecule has 92 valence electrons. The molecule has 1 unspecified atom stereocenters. The van der Waals surface area contributed by atoms with Gasteiger partial charge in [-0.3, -0.25) is 19.1 Å². The van der Waals surface area contributed by atoms with Crippen LogP contribution >= 0.6 is 0 Å². The molecule has 0 saturated carbocycles. The zero-order valence-electron chi connectivity index (χ0n) is 9.17. The molecule has 0 radical (unpaired) electrons. The largest absolute Gasteiger partial charge is 0.393 e. The lowest BCUT2D eigenvalue weighted by molar-refractivity contribution is -0.124. The van der Waals surface area contributed by atoms with Crippen molar-refractivity contribution in [2.75, 3.05) is 6.61 Å². The van der Waals surface area contributed by atoms with E-state index in [4.69, 9.17) is 9.84 Å². The summed E-state index contributed by atoms with van der Waals surface area (Å²) in [6.45, 7) is 1.14. The predicted molar refractivity (Wildman–Crippen MR) is 56.7 cm³/mol. The van der Waals surface area contributed by atoms with E-state index >= 15 is 0 Å². The maximum Gasteiger partial charge on any atom is 0.330 e. The number of hydrogen-bond donors (Lipinski definition) is 2. The number of Topliss-reactive ketones (excluding diaryl/α,β-unsaturated/α-hetero) is 1. The van der Waals surface area contributed by atoms with Crippen molar-refractivity contribution in [3.63, 3.8) is 0 Å². The molecule has 1 aliphatic rings. The Bertz CT molecular complexity index is 559. The van der Waals surface area contributed by atoms with Gasteiger partial charge in [0.1, 0.15) is 12.3 Å². The van der Waals surface area contributed by atoms with Crippen LogP contribution in [0.2, 0.25) is 0 Å². The zero-order chi connectivity index (χ0) is 12.6. The third-order valence-corrected chi connectivity index (χ3v) is 2.68. The Morgan fingerprint density at radius 3 is 2.82 bits per heavy atom. The second-order valence-corrected chi connectivity index (χ2v) is 3.91. The van der Waals surface area contributed by atoms with Gasteiger partial charge in [-0.25, -0.2) is 4.79 Å². The standard InChI is InChI=1S/C10H12N2O5/c1-5-3-12(10(16)11-9(5)15)8-2-6(14)7(4-13)17-8/h3,7-8,13H,2,4H2,1H3,(H,11,15,16)/t7-,8?/m1/s1. The predicted octanol–water partition coefficient (Wildman–Crippen LogP) is -1.31. The number of ketones is 1. The van der Waals surface area contributed by atoms with Crippen molar-refractivity contribution in [3.8, 4) is 0 Å². The molecular weight excluding hydrogens is 228 g/mol. The third kappa shape index (κ3) is 2.06. The molecule has 0 aromatic carbocycles. The van der Waals surface area contributed by atoms with Crippen LogP contribution in [0.4, 0.5) is 0 Å². The fourth-order valence-corrected chi connectivity index (χ4v) is 1.73. The van der Waals surface area contributed by atoms with E-state index in [0.29, 0.717) is 5.56 Å². The van der Waals surface area contributed by atoms with E-state index in [-0.39, 0.29) is 12.2 Å². The number of aromatic nitrogens is 2. The van der Waals surface area contributed by atoms with Crippen LogP contribution in [-0.4, -0.2) is 33.2 Å². The molecular formula is C10H12N2O5. The van der Waals surface area contributed by atoms with Gasteiger partial charge in [-0.15, -0.1) is 0 Å². The van der Waals surface area contributed by atoms with Crippen molar-refractivity contribution >= 4 is 5.78 Å². The first-order chi connectivity index (χ1) is 8.02. The van der Waals surface area contributed by atoms with Crippen molar-refractivity contribution in [2.45, 2.75) is 25.7 Å². The molecule has 1 aromatic heterocycles. The summed E-state index contributed by atoms with van der Waals surface area (Å²) in [5, 5.41) is 8.88. The number of H-pyrrole nitrogens is 1. The summed E-state index contributed by atoms with van der Waals surface area (Å²) in [5.74, 6) is -0.256. The Hall–Kier alpha value is -1.73. The Morgan fingerprint density at radius 2 is 2.24 bits per heavy atom. The van der Waals surface area contributed by atoms with E-state index in [0.717, 1.165) is 4.57 Å².